The molecule has 0 atom stereocenters. The molecule has 8 nitrogen and oxygen atoms in total. The van der Waals surface area contributed by atoms with Gasteiger partial charge < -0.3 is 34.0 Å². The van der Waals surface area contributed by atoms with Gasteiger partial charge in [-0.2, -0.15) is 0 Å². The van der Waals surface area contributed by atoms with E-state index in [0.717, 1.165) is 6.54 Å². The molecular weight excluding hydrogens is 440 g/mol. The van der Waals surface area contributed by atoms with Crippen LogP contribution in [0.2, 0.25) is 19.1 Å². The molecule has 1 aliphatic rings. The van der Waals surface area contributed by atoms with E-state index in [1.54, 1.807) is 31.4 Å². The molecule has 0 unspecified atom stereocenters. The zero-order chi connectivity index (χ0) is 23.6. The summed E-state index contributed by atoms with van der Waals surface area (Å²) >= 11 is 0. The van der Waals surface area contributed by atoms with Crippen molar-refractivity contribution in [3.63, 3.8) is 0 Å². The first-order valence-electron chi connectivity index (χ1n) is 10.6. The molecule has 3 aromatic rings. The Morgan fingerprint density at radius 2 is 1.70 bits per heavy atom. The first kappa shape index (κ1) is 22.6. The summed E-state index contributed by atoms with van der Waals surface area (Å²) in [6.07, 6.45) is 0. The fraction of sp³-hybridized carbons (Fsp3) is 0.292. The molecule has 0 saturated carbocycles. The fourth-order valence-electron chi connectivity index (χ4n) is 3.86. The zero-order valence-corrected chi connectivity index (χ0v) is 20.4. The molecule has 2 N–H and O–H groups in total. The van der Waals surface area contributed by atoms with Gasteiger partial charge in [0.25, 0.3) is 11.9 Å². The van der Waals surface area contributed by atoms with E-state index in [1.165, 1.54) is 31.1 Å². The minimum atomic E-state index is -1.51. The van der Waals surface area contributed by atoms with Gasteiger partial charge in [0, 0.05) is 30.4 Å². The SMILES string of the molecule is COc1cc(OC)c(NC(=O)c2ccc(Oc3ccc4c(c3)[Si](C)(C)CCN4)o2)c(OC)c1. The third-order valence-corrected chi connectivity index (χ3v) is 9.13. The fourth-order valence-corrected chi connectivity index (χ4v) is 6.32. The van der Waals surface area contributed by atoms with Crippen LogP contribution in [-0.4, -0.2) is 41.9 Å². The van der Waals surface area contributed by atoms with E-state index in [0.29, 0.717) is 28.7 Å². The Bertz CT molecular complexity index is 1150. The molecule has 0 bridgehead atoms. The van der Waals surface area contributed by atoms with E-state index >= 15 is 0 Å². The topological polar surface area (TPSA) is 91.2 Å². The van der Waals surface area contributed by atoms with E-state index in [2.05, 4.69) is 29.8 Å². The van der Waals surface area contributed by atoms with Gasteiger partial charge in [0.05, 0.1) is 29.4 Å². The molecule has 0 fully saturated rings. The Morgan fingerprint density at radius 3 is 2.36 bits per heavy atom. The molecule has 0 spiro atoms. The minimum absolute atomic E-state index is 0.0965. The lowest BCUT2D eigenvalue weighted by Gasteiger charge is -2.31. The molecule has 33 heavy (non-hydrogen) atoms. The molecule has 2 heterocycles. The van der Waals surface area contributed by atoms with Crippen molar-refractivity contribution in [3.8, 4) is 28.9 Å². The summed E-state index contributed by atoms with van der Waals surface area (Å²) in [6.45, 7) is 5.72. The lowest BCUT2D eigenvalue weighted by atomic mass is 10.2. The lowest BCUT2D eigenvalue weighted by Crippen LogP contribution is -2.47. The van der Waals surface area contributed by atoms with Crippen molar-refractivity contribution < 1.29 is 28.2 Å². The highest BCUT2D eigenvalue weighted by atomic mass is 28.3. The summed E-state index contributed by atoms with van der Waals surface area (Å²) in [4.78, 5) is 12.8. The van der Waals surface area contributed by atoms with E-state index < -0.39 is 14.0 Å². The average molecular weight is 469 g/mol. The summed E-state index contributed by atoms with van der Waals surface area (Å²) < 4.78 is 27.6. The number of nitrogens with one attached hydrogen (secondary N) is 2. The molecular formula is C24H28N2O6Si. The van der Waals surface area contributed by atoms with Gasteiger partial charge in [-0.15, -0.1) is 0 Å². The standard InChI is InChI=1S/C24H28N2O6Si/c1-28-16-12-19(29-2)23(20(13-16)30-3)26-24(27)18-8-9-22(32-18)31-15-6-7-17-21(14-15)33(4,5)11-10-25-17/h6-9,12-14,25H,10-11H2,1-5H3,(H,26,27). The predicted octanol–water partition coefficient (Wildman–Crippen LogP) is 4.69. The normalized spacial score (nSPS) is 14.0. The van der Waals surface area contributed by atoms with Crippen LogP contribution >= 0.6 is 0 Å². The highest BCUT2D eigenvalue weighted by Crippen LogP contribution is 2.39. The third-order valence-electron chi connectivity index (χ3n) is 5.76. The largest absolute Gasteiger partial charge is 0.496 e. The summed E-state index contributed by atoms with van der Waals surface area (Å²) in [7, 11) is 3.03. The van der Waals surface area contributed by atoms with Crippen LogP contribution in [0, 0.1) is 0 Å². The van der Waals surface area contributed by atoms with Crippen molar-refractivity contribution in [1.82, 2.24) is 0 Å². The molecule has 0 saturated heterocycles. The first-order chi connectivity index (χ1) is 15.8. The predicted molar refractivity (Wildman–Crippen MR) is 130 cm³/mol. The first-order valence-corrected chi connectivity index (χ1v) is 13.8. The van der Waals surface area contributed by atoms with Gasteiger partial charge in [-0.25, -0.2) is 0 Å². The monoisotopic (exact) mass is 468 g/mol. The highest BCUT2D eigenvalue weighted by molar-refractivity contribution is 6.91. The second kappa shape index (κ2) is 9.11. The zero-order valence-electron chi connectivity index (χ0n) is 19.4. The van der Waals surface area contributed by atoms with Crippen LogP contribution in [0.3, 0.4) is 0 Å². The maximum Gasteiger partial charge on any atom is 0.291 e. The molecule has 2 aromatic carbocycles. The van der Waals surface area contributed by atoms with Crippen molar-refractivity contribution >= 4 is 30.5 Å². The smallest absolute Gasteiger partial charge is 0.291 e. The van der Waals surface area contributed by atoms with Crippen LogP contribution in [0.15, 0.2) is 46.9 Å². The molecule has 1 amide bonds. The number of hydrogen-bond donors (Lipinski definition) is 2. The van der Waals surface area contributed by atoms with Gasteiger partial charge in [-0.05, 0) is 35.5 Å². The number of anilines is 2. The molecule has 174 valence electrons. The van der Waals surface area contributed by atoms with E-state index in [1.807, 2.05) is 12.1 Å². The Labute approximate surface area is 193 Å². The van der Waals surface area contributed by atoms with Crippen LogP contribution in [0.5, 0.6) is 28.9 Å². The number of furan rings is 1. The molecule has 1 aliphatic heterocycles. The van der Waals surface area contributed by atoms with E-state index in [9.17, 15) is 4.79 Å². The van der Waals surface area contributed by atoms with Gasteiger partial charge >= 0.3 is 0 Å². The highest BCUT2D eigenvalue weighted by Gasteiger charge is 2.30. The van der Waals surface area contributed by atoms with Gasteiger partial charge in [0.2, 0.25) is 0 Å². The van der Waals surface area contributed by atoms with Crippen LogP contribution < -0.4 is 34.8 Å². The van der Waals surface area contributed by atoms with E-state index in [-0.39, 0.29) is 11.7 Å². The van der Waals surface area contributed by atoms with Crippen molar-refractivity contribution in [1.29, 1.82) is 0 Å². The number of carbonyl (C=O) groups excluding carboxylic acids is 1. The molecule has 4 rings (SSSR count). The van der Waals surface area contributed by atoms with Crippen molar-refractivity contribution in [2.75, 3.05) is 38.5 Å². The second-order valence-corrected chi connectivity index (χ2v) is 13.2. The number of hydrogen-bond acceptors (Lipinski definition) is 7. The van der Waals surface area contributed by atoms with Crippen LogP contribution in [-0.2, 0) is 0 Å². The van der Waals surface area contributed by atoms with Gasteiger partial charge in [0.1, 0.15) is 28.7 Å². The minimum Gasteiger partial charge on any atom is -0.496 e. The van der Waals surface area contributed by atoms with Gasteiger partial charge in [-0.1, -0.05) is 13.1 Å². The Hall–Kier alpha value is -3.59. The number of amides is 1. The van der Waals surface area contributed by atoms with Crippen LogP contribution in [0.25, 0.3) is 0 Å². The summed E-state index contributed by atoms with van der Waals surface area (Å²) in [5.41, 5.74) is 1.55. The third kappa shape index (κ3) is 4.63. The lowest BCUT2D eigenvalue weighted by molar-refractivity contribution is 0.0991. The van der Waals surface area contributed by atoms with Crippen molar-refractivity contribution in [2.24, 2.45) is 0 Å². The average Bonchev–Trinajstić information content (AvgIpc) is 3.28. The summed E-state index contributed by atoms with van der Waals surface area (Å²) in [5, 5.41) is 7.56. The number of rotatable bonds is 7. The Morgan fingerprint density at radius 1 is 0.970 bits per heavy atom. The molecule has 0 radical (unpaired) electrons. The maximum absolute atomic E-state index is 12.8. The van der Waals surface area contributed by atoms with Gasteiger partial charge in [0.15, 0.2) is 5.76 Å². The second-order valence-electron chi connectivity index (χ2n) is 8.35. The van der Waals surface area contributed by atoms with Crippen molar-refractivity contribution in [2.45, 2.75) is 19.1 Å². The number of fused-ring (bicyclic) bond motifs is 1. The Balaban J connectivity index is 1.52. The number of carbonyl (C=O) groups is 1. The van der Waals surface area contributed by atoms with Crippen LogP contribution in [0.4, 0.5) is 11.4 Å². The maximum atomic E-state index is 12.8. The summed E-state index contributed by atoms with van der Waals surface area (Å²) in [6, 6.07) is 13.7. The number of benzene rings is 2. The summed E-state index contributed by atoms with van der Waals surface area (Å²) in [5.74, 6) is 1.89. The number of ether oxygens (including phenoxy) is 4. The van der Waals surface area contributed by atoms with Crippen LogP contribution in [0.1, 0.15) is 10.6 Å². The van der Waals surface area contributed by atoms with E-state index in [4.69, 9.17) is 23.4 Å². The Kier molecular flexibility index (Phi) is 6.23. The van der Waals surface area contributed by atoms with Crippen molar-refractivity contribution in [3.05, 3.63) is 48.2 Å². The molecule has 0 aliphatic carbocycles. The quantitative estimate of drug-likeness (QED) is 0.486. The molecule has 1 aromatic heterocycles. The van der Waals surface area contributed by atoms with Gasteiger partial charge in [-0.3, -0.25) is 4.79 Å². The molecule has 9 heteroatoms. The number of methoxy groups -OCH3 is 3.